The Kier molecular flexibility index (Phi) is 7.12. The van der Waals surface area contributed by atoms with Crippen LogP contribution in [0.1, 0.15) is 54.5 Å². The number of rotatable bonds is 6. The molecule has 1 aromatic carbocycles. The molecule has 1 aliphatic heterocycles. The maximum Gasteiger partial charge on any atom is 0.259 e. The van der Waals surface area contributed by atoms with Gasteiger partial charge in [-0.15, -0.1) is 0 Å². The van der Waals surface area contributed by atoms with Crippen molar-refractivity contribution >= 4 is 23.4 Å². The van der Waals surface area contributed by atoms with Crippen molar-refractivity contribution in [2.24, 2.45) is 5.92 Å². The van der Waals surface area contributed by atoms with Gasteiger partial charge in [-0.05, 0) is 31.9 Å². The van der Waals surface area contributed by atoms with Crippen molar-refractivity contribution in [3.05, 3.63) is 64.1 Å². The molecule has 3 amide bonds. The molecule has 170 valence electrons. The number of hydrogen-bond donors (Lipinski definition) is 1. The molecule has 0 saturated carbocycles. The summed E-state index contributed by atoms with van der Waals surface area (Å²) in [7, 11) is 0. The third-order valence-electron chi connectivity index (χ3n) is 5.36. The molecule has 1 fully saturated rings. The van der Waals surface area contributed by atoms with E-state index in [9.17, 15) is 19.2 Å². The van der Waals surface area contributed by atoms with E-state index in [1.165, 1.54) is 17.3 Å². The molecule has 1 aliphatic rings. The molecule has 2 heterocycles. The lowest BCUT2D eigenvalue weighted by Gasteiger charge is -2.34. The summed E-state index contributed by atoms with van der Waals surface area (Å²) in [6.45, 7) is 8.64. The number of piperazine rings is 1. The predicted octanol–water partition coefficient (Wildman–Crippen LogP) is 2.30. The highest BCUT2D eigenvalue weighted by Crippen LogP contribution is 2.18. The molecule has 8 nitrogen and oxygen atoms in total. The Morgan fingerprint density at radius 1 is 0.969 bits per heavy atom. The third kappa shape index (κ3) is 5.07. The second-order valence-corrected chi connectivity index (χ2v) is 8.67. The summed E-state index contributed by atoms with van der Waals surface area (Å²) in [5.41, 5.74) is -0.0158. The van der Waals surface area contributed by atoms with Crippen molar-refractivity contribution < 1.29 is 14.4 Å². The zero-order valence-corrected chi connectivity index (χ0v) is 19.0. The number of amides is 3. The number of hydrogen-bond acceptors (Lipinski definition) is 4. The van der Waals surface area contributed by atoms with Crippen LogP contribution in [0.2, 0.25) is 0 Å². The molecule has 0 aliphatic carbocycles. The fourth-order valence-corrected chi connectivity index (χ4v) is 3.50. The number of para-hydroxylation sites is 1. The van der Waals surface area contributed by atoms with E-state index in [1.54, 1.807) is 9.47 Å². The number of nitrogens with one attached hydrogen (secondary N) is 1. The van der Waals surface area contributed by atoms with Gasteiger partial charge in [0.2, 0.25) is 11.3 Å². The average molecular weight is 439 g/mol. The van der Waals surface area contributed by atoms with E-state index in [2.05, 4.69) is 5.32 Å². The molecular formula is C24H30N4O4. The minimum absolute atomic E-state index is 0.0599. The van der Waals surface area contributed by atoms with Crippen LogP contribution in [0, 0.1) is 5.92 Å². The Hall–Kier alpha value is -3.42. The fraction of sp³-hybridized carbons (Fsp3) is 0.417. The molecule has 0 radical (unpaired) electrons. The van der Waals surface area contributed by atoms with E-state index in [1.807, 2.05) is 58.0 Å². The summed E-state index contributed by atoms with van der Waals surface area (Å²) < 4.78 is 1.68. The smallest absolute Gasteiger partial charge is 0.259 e. The number of aromatic nitrogens is 1. The van der Waals surface area contributed by atoms with Crippen LogP contribution in [-0.4, -0.2) is 53.4 Å². The van der Waals surface area contributed by atoms with Crippen LogP contribution in [0.4, 0.5) is 5.69 Å². The Labute approximate surface area is 187 Å². The predicted molar refractivity (Wildman–Crippen MR) is 123 cm³/mol. The molecule has 1 aromatic heterocycles. The molecule has 3 rings (SSSR count). The lowest BCUT2D eigenvalue weighted by Crippen LogP contribution is -2.53. The number of benzene rings is 1. The van der Waals surface area contributed by atoms with Crippen LogP contribution in [-0.2, 0) is 4.79 Å². The second-order valence-electron chi connectivity index (χ2n) is 8.67. The first-order chi connectivity index (χ1) is 15.2. The maximum absolute atomic E-state index is 13.2. The minimum Gasteiger partial charge on any atom is -0.352 e. The number of anilines is 1. The van der Waals surface area contributed by atoms with Gasteiger partial charge in [0, 0.05) is 43.8 Å². The van der Waals surface area contributed by atoms with E-state index < -0.39 is 17.2 Å². The van der Waals surface area contributed by atoms with Gasteiger partial charge in [-0.25, -0.2) is 0 Å². The highest BCUT2D eigenvalue weighted by Gasteiger charge is 2.31. The van der Waals surface area contributed by atoms with E-state index in [4.69, 9.17) is 0 Å². The monoisotopic (exact) mass is 438 g/mol. The van der Waals surface area contributed by atoms with Crippen LogP contribution >= 0.6 is 0 Å². The molecular weight excluding hydrogens is 408 g/mol. The van der Waals surface area contributed by atoms with Gasteiger partial charge < -0.3 is 19.7 Å². The van der Waals surface area contributed by atoms with E-state index in [-0.39, 0.29) is 35.5 Å². The van der Waals surface area contributed by atoms with Crippen molar-refractivity contribution in [2.75, 3.05) is 31.1 Å². The zero-order valence-electron chi connectivity index (χ0n) is 19.0. The summed E-state index contributed by atoms with van der Waals surface area (Å²) >= 11 is 0. The van der Waals surface area contributed by atoms with Crippen molar-refractivity contribution in [2.45, 2.75) is 33.7 Å². The van der Waals surface area contributed by atoms with Crippen molar-refractivity contribution in [3.8, 4) is 0 Å². The Morgan fingerprint density at radius 3 is 2.22 bits per heavy atom. The van der Waals surface area contributed by atoms with Gasteiger partial charge in [0.25, 0.3) is 11.8 Å². The molecule has 32 heavy (non-hydrogen) atoms. The van der Waals surface area contributed by atoms with Crippen LogP contribution in [0.25, 0.3) is 0 Å². The highest BCUT2D eigenvalue weighted by atomic mass is 16.2. The summed E-state index contributed by atoms with van der Waals surface area (Å²) in [4.78, 5) is 54.7. The molecule has 1 N–H and O–H groups in total. The fourth-order valence-electron chi connectivity index (χ4n) is 3.50. The minimum atomic E-state index is -0.619. The molecule has 8 heteroatoms. The number of pyridine rings is 1. The number of nitrogens with zero attached hydrogens (tertiary/aromatic N) is 3. The average Bonchev–Trinajstić information content (AvgIpc) is 2.77. The zero-order chi connectivity index (χ0) is 23.4. The Bertz CT molecular complexity index is 1060. The van der Waals surface area contributed by atoms with Gasteiger partial charge in [-0.2, -0.15) is 0 Å². The van der Waals surface area contributed by atoms with Crippen molar-refractivity contribution in [3.63, 3.8) is 0 Å². The summed E-state index contributed by atoms with van der Waals surface area (Å²) in [5.74, 6) is -1.03. The van der Waals surface area contributed by atoms with Gasteiger partial charge in [-0.3, -0.25) is 19.2 Å². The maximum atomic E-state index is 13.2. The first-order valence-electron chi connectivity index (χ1n) is 10.9. The van der Waals surface area contributed by atoms with Crippen LogP contribution in [0.5, 0.6) is 0 Å². The van der Waals surface area contributed by atoms with Gasteiger partial charge in [0.05, 0.1) is 0 Å². The van der Waals surface area contributed by atoms with Crippen LogP contribution in [0.3, 0.4) is 0 Å². The summed E-state index contributed by atoms with van der Waals surface area (Å²) in [6, 6.07) is 9.20. The number of carbonyl (C=O) groups excluding carboxylic acids is 3. The third-order valence-corrected chi connectivity index (χ3v) is 5.36. The van der Waals surface area contributed by atoms with E-state index >= 15 is 0 Å². The SMILES string of the molecule is CC(C)CNC(=O)c1cn(C(C)C)cc(C(=O)N2CCN(c3ccccc3)C(=O)C2)c1=O. The topological polar surface area (TPSA) is 91.7 Å². The molecule has 0 unspecified atom stereocenters. The standard InChI is InChI=1S/C24H30N4O4/c1-16(2)12-25-23(31)19-13-27(17(3)4)14-20(22(19)30)24(32)26-10-11-28(21(29)15-26)18-8-6-5-7-9-18/h5-9,13-14,16-17H,10-12,15H2,1-4H3,(H,25,31). The largest absolute Gasteiger partial charge is 0.352 e. The molecule has 0 bridgehead atoms. The van der Waals surface area contributed by atoms with Gasteiger partial charge in [-0.1, -0.05) is 32.0 Å². The Balaban J connectivity index is 1.87. The van der Waals surface area contributed by atoms with Crippen molar-refractivity contribution in [1.29, 1.82) is 0 Å². The first-order valence-corrected chi connectivity index (χ1v) is 10.9. The normalized spacial score (nSPS) is 14.2. The van der Waals surface area contributed by atoms with Gasteiger partial charge in [0.15, 0.2) is 0 Å². The van der Waals surface area contributed by atoms with Crippen molar-refractivity contribution in [1.82, 2.24) is 14.8 Å². The van der Waals surface area contributed by atoms with Gasteiger partial charge in [0.1, 0.15) is 17.7 Å². The molecule has 1 saturated heterocycles. The van der Waals surface area contributed by atoms with Crippen LogP contribution < -0.4 is 15.6 Å². The first kappa shape index (κ1) is 23.2. The van der Waals surface area contributed by atoms with E-state index in [0.29, 0.717) is 19.6 Å². The van der Waals surface area contributed by atoms with E-state index in [0.717, 1.165) is 5.69 Å². The van der Waals surface area contributed by atoms with Crippen LogP contribution in [0.15, 0.2) is 47.5 Å². The summed E-state index contributed by atoms with van der Waals surface area (Å²) in [5, 5.41) is 2.74. The second kappa shape index (κ2) is 9.80. The van der Waals surface area contributed by atoms with Gasteiger partial charge >= 0.3 is 0 Å². The lowest BCUT2D eigenvalue weighted by molar-refractivity contribution is -0.120. The number of carbonyl (C=O) groups is 3. The molecule has 0 spiro atoms. The summed E-state index contributed by atoms with van der Waals surface area (Å²) in [6.07, 6.45) is 2.96. The molecule has 2 aromatic rings. The molecule has 0 atom stereocenters. The Morgan fingerprint density at radius 2 is 1.62 bits per heavy atom. The quantitative estimate of drug-likeness (QED) is 0.749. The highest BCUT2D eigenvalue weighted by molar-refractivity contribution is 6.03. The lowest BCUT2D eigenvalue weighted by atomic mass is 10.1.